The van der Waals surface area contributed by atoms with Gasteiger partial charge in [-0.15, -0.1) is 5.10 Å². The second kappa shape index (κ2) is 5.02. The fraction of sp³-hybridized carbons (Fsp3) is 0.714. The van der Waals surface area contributed by atoms with Gasteiger partial charge in [0.15, 0.2) is 5.82 Å². The van der Waals surface area contributed by atoms with Crippen molar-refractivity contribution in [2.75, 3.05) is 18.0 Å². The molecule has 1 saturated heterocycles. The highest BCUT2D eigenvalue weighted by Gasteiger charge is 2.31. The molecule has 1 fully saturated rings. The predicted molar refractivity (Wildman–Crippen MR) is 69.5 cm³/mol. The topological polar surface area (TPSA) is 29.0 Å². The lowest BCUT2D eigenvalue weighted by Gasteiger charge is -2.23. The average Bonchev–Trinajstić information content (AvgIpc) is 2.87. The van der Waals surface area contributed by atoms with E-state index in [4.69, 9.17) is 0 Å². The number of hydrogen-bond donors (Lipinski definition) is 0. The van der Waals surface area contributed by atoms with Gasteiger partial charge in [-0.1, -0.05) is 6.92 Å². The van der Waals surface area contributed by atoms with Gasteiger partial charge in [0, 0.05) is 19.0 Å². The van der Waals surface area contributed by atoms with Crippen LogP contribution in [0.4, 0.5) is 14.6 Å². The number of rotatable bonds is 2. The number of fused-ring (bicyclic) bond motifs is 1. The third-order valence-corrected chi connectivity index (χ3v) is 4.29. The summed E-state index contributed by atoms with van der Waals surface area (Å²) in [5.74, 6) is 0.935. The van der Waals surface area contributed by atoms with Gasteiger partial charge in [-0.25, -0.2) is 8.78 Å². The summed E-state index contributed by atoms with van der Waals surface area (Å²) >= 11 is 0. The predicted octanol–water partition coefficient (Wildman–Crippen LogP) is 2.69. The van der Waals surface area contributed by atoms with Gasteiger partial charge in [-0.2, -0.15) is 5.10 Å². The largest absolute Gasteiger partial charge is 0.355 e. The third kappa shape index (κ3) is 2.55. The minimum atomic E-state index is -2.23. The van der Waals surface area contributed by atoms with Gasteiger partial charge in [-0.05, 0) is 43.2 Å². The van der Waals surface area contributed by atoms with Crippen LogP contribution in [0.15, 0.2) is 6.07 Å². The highest BCUT2D eigenvalue weighted by atomic mass is 19.3. The molecule has 2 unspecified atom stereocenters. The Balaban J connectivity index is 1.77. The first-order valence-electron chi connectivity index (χ1n) is 7.02. The SMILES string of the molecule is CC1CCc2nnc(N3CCC(C(F)F)C3)cc2C1. The van der Waals surface area contributed by atoms with Crippen LogP contribution in [0.25, 0.3) is 0 Å². The van der Waals surface area contributed by atoms with Crippen molar-refractivity contribution in [2.45, 2.75) is 39.0 Å². The Hall–Kier alpha value is -1.26. The molecule has 104 valence electrons. The second-order valence-corrected chi connectivity index (χ2v) is 5.85. The van der Waals surface area contributed by atoms with E-state index >= 15 is 0 Å². The summed E-state index contributed by atoms with van der Waals surface area (Å²) in [5.41, 5.74) is 2.34. The molecule has 1 aliphatic carbocycles. The van der Waals surface area contributed by atoms with E-state index in [0.29, 0.717) is 25.4 Å². The van der Waals surface area contributed by atoms with Crippen molar-refractivity contribution in [3.05, 3.63) is 17.3 Å². The van der Waals surface area contributed by atoms with Crippen LogP contribution >= 0.6 is 0 Å². The van der Waals surface area contributed by atoms with Crippen LogP contribution in [0.3, 0.4) is 0 Å². The molecular formula is C14H19F2N3. The highest BCUT2D eigenvalue weighted by Crippen LogP contribution is 2.29. The molecule has 1 aromatic heterocycles. The van der Waals surface area contributed by atoms with Crippen molar-refractivity contribution in [3.8, 4) is 0 Å². The Kier molecular flexibility index (Phi) is 3.37. The molecule has 0 aromatic carbocycles. The van der Waals surface area contributed by atoms with Gasteiger partial charge < -0.3 is 4.90 Å². The zero-order chi connectivity index (χ0) is 13.4. The standard InChI is InChI=1S/C14H19F2N3/c1-9-2-3-12-11(6-9)7-13(18-17-12)19-5-4-10(8-19)14(15)16/h7,9-10,14H,2-6,8H2,1H3. The molecule has 0 spiro atoms. The first kappa shape index (κ1) is 12.8. The summed E-state index contributed by atoms with van der Waals surface area (Å²) in [7, 11) is 0. The van der Waals surface area contributed by atoms with Gasteiger partial charge in [0.05, 0.1) is 5.69 Å². The van der Waals surface area contributed by atoms with Crippen molar-refractivity contribution in [3.63, 3.8) is 0 Å². The molecule has 0 bridgehead atoms. The molecule has 1 aromatic rings. The van der Waals surface area contributed by atoms with Crippen LogP contribution in [0.5, 0.6) is 0 Å². The molecule has 1 aliphatic heterocycles. The normalized spacial score (nSPS) is 26.8. The Morgan fingerprint density at radius 1 is 1.32 bits per heavy atom. The minimum absolute atomic E-state index is 0.403. The fourth-order valence-corrected chi connectivity index (χ4v) is 3.05. The monoisotopic (exact) mass is 267 g/mol. The molecule has 2 heterocycles. The smallest absolute Gasteiger partial charge is 0.243 e. The molecule has 3 rings (SSSR count). The van der Waals surface area contributed by atoms with Gasteiger partial charge in [0.1, 0.15) is 0 Å². The van der Waals surface area contributed by atoms with E-state index < -0.39 is 12.3 Å². The van der Waals surface area contributed by atoms with Crippen molar-refractivity contribution < 1.29 is 8.78 Å². The molecule has 0 amide bonds. The maximum Gasteiger partial charge on any atom is 0.243 e. The lowest BCUT2D eigenvalue weighted by atomic mass is 9.88. The minimum Gasteiger partial charge on any atom is -0.355 e. The molecule has 19 heavy (non-hydrogen) atoms. The molecule has 0 N–H and O–H groups in total. The Bertz CT molecular complexity index is 464. The maximum atomic E-state index is 12.7. The Morgan fingerprint density at radius 3 is 2.89 bits per heavy atom. The Morgan fingerprint density at radius 2 is 2.16 bits per heavy atom. The molecule has 0 saturated carbocycles. The van der Waals surface area contributed by atoms with E-state index in [2.05, 4.69) is 23.2 Å². The number of aromatic nitrogens is 2. The van der Waals surface area contributed by atoms with Crippen LogP contribution in [0.1, 0.15) is 31.0 Å². The summed E-state index contributed by atoms with van der Waals surface area (Å²) in [6.07, 6.45) is 1.51. The van der Waals surface area contributed by atoms with Gasteiger partial charge in [-0.3, -0.25) is 0 Å². The number of anilines is 1. The van der Waals surface area contributed by atoms with E-state index in [1.807, 2.05) is 4.90 Å². The van der Waals surface area contributed by atoms with Crippen LogP contribution < -0.4 is 4.90 Å². The number of nitrogens with zero attached hydrogens (tertiary/aromatic N) is 3. The quantitative estimate of drug-likeness (QED) is 0.825. The lowest BCUT2D eigenvalue weighted by Crippen LogP contribution is -2.24. The molecule has 3 nitrogen and oxygen atoms in total. The fourth-order valence-electron chi connectivity index (χ4n) is 3.05. The number of aryl methyl sites for hydroxylation is 1. The number of hydrogen-bond acceptors (Lipinski definition) is 3. The van der Waals surface area contributed by atoms with Gasteiger partial charge in [0.2, 0.25) is 6.43 Å². The van der Waals surface area contributed by atoms with E-state index in [9.17, 15) is 8.78 Å². The zero-order valence-electron chi connectivity index (χ0n) is 11.1. The van der Waals surface area contributed by atoms with Gasteiger partial charge >= 0.3 is 0 Å². The van der Waals surface area contributed by atoms with Crippen molar-refractivity contribution in [1.29, 1.82) is 0 Å². The molecule has 2 atom stereocenters. The summed E-state index contributed by atoms with van der Waals surface area (Å²) in [6, 6.07) is 2.06. The average molecular weight is 267 g/mol. The summed E-state index contributed by atoms with van der Waals surface area (Å²) < 4.78 is 25.4. The van der Waals surface area contributed by atoms with Crippen molar-refractivity contribution >= 4 is 5.82 Å². The molecule has 0 radical (unpaired) electrons. The summed E-state index contributed by atoms with van der Waals surface area (Å²) in [6.45, 7) is 3.31. The third-order valence-electron chi connectivity index (χ3n) is 4.29. The highest BCUT2D eigenvalue weighted by molar-refractivity contribution is 5.43. The molecular weight excluding hydrogens is 248 g/mol. The van der Waals surface area contributed by atoms with Crippen molar-refractivity contribution in [2.24, 2.45) is 11.8 Å². The summed E-state index contributed by atoms with van der Waals surface area (Å²) in [4.78, 5) is 1.95. The number of halogens is 2. The zero-order valence-corrected chi connectivity index (χ0v) is 11.1. The first-order chi connectivity index (χ1) is 9.13. The Labute approximate surface area is 112 Å². The number of alkyl halides is 2. The van der Waals surface area contributed by atoms with E-state index in [0.717, 1.165) is 30.8 Å². The second-order valence-electron chi connectivity index (χ2n) is 5.85. The van der Waals surface area contributed by atoms with Crippen LogP contribution in [0, 0.1) is 11.8 Å². The van der Waals surface area contributed by atoms with Crippen LogP contribution in [-0.4, -0.2) is 29.7 Å². The molecule has 5 heteroatoms. The molecule has 2 aliphatic rings. The van der Waals surface area contributed by atoms with Crippen LogP contribution in [0.2, 0.25) is 0 Å². The van der Waals surface area contributed by atoms with Gasteiger partial charge in [0.25, 0.3) is 0 Å². The lowest BCUT2D eigenvalue weighted by molar-refractivity contribution is 0.0880. The van der Waals surface area contributed by atoms with E-state index in [1.54, 1.807) is 0 Å². The van der Waals surface area contributed by atoms with E-state index in [1.165, 1.54) is 5.56 Å². The van der Waals surface area contributed by atoms with E-state index in [-0.39, 0.29) is 0 Å². The van der Waals surface area contributed by atoms with Crippen molar-refractivity contribution in [1.82, 2.24) is 10.2 Å². The first-order valence-corrected chi connectivity index (χ1v) is 7.02. The maximum absolute atomic E-state index is 12.7. The van der Waals surface area contributed by atoms with Crippen LogP contribution in [-0.2, 0) is 12.8 Å². The summed E-state index contributed by atoms with van der Waals surface area (Å²) in [5, 5.41) is 8.51.